The van der Waals surface area contributed by atoms with Gasteiger partial charge in [0.05, 0.1) is 10.6 Å². The van der Waals surface area contributed by atoms with Gasteiger partial charge in [-0.25, -0.2) is 8.42 Å². The molecule has 3 rings (SSSR count). The number of nitrogens with one attached hydrogen (secondary N) is 2. The van der Waals surface area contributed by atoms with Gasteiger partial charge in [-0.05, 0) is 55.8 Å². The van der Waals surface area contributed by atoms with Crippen LogP contribution in [0.5, 0.6) is 0 Å². The Morgan fingerprint density at radius 2 is 1.67 bits per heavy atom. The maximum Gasteiger partial charge on any atom is 0.261 e. The second-order valence-corrected chi connectivity index (χ2v) is 9.72. The molecule has 0 fully saturated rings. The minimum absolute atomic E-state index is 0.0485. The van der Waals surface area contributed by atoms with E-state index in [2.05, 4.69) is 34.3 Å². The summed E-state index contributed by atoms with van der Waals surface area (Å²) in [5.74, 6) is 0.425. The van der Waals surface area contributed by atoms with E-state index in [0.29, 0.717) is 17.8 Å². The topological polar surface area (TPSA) is 75.3 Å². The van der Waals surface area contributed by atoms with Crippen molar-refractivity contribution in [1.29, 1.82) is 0 Å². The summed E-state index contributed by atoms with van der Waals surface area (Å²) in [4.78, 5) is 13.6. The zero-order valence-corrected chi connectivity index (χ0v) is 18.5. The Morgan fingerprint density at radius 1 is 0.933 bits per heavy atom. The molecule has 0 aliphatic rings. The second kappa shape index (κ2) is 9.82. The molecule has 2 N–H and O–H groups in total. The zero-order valence-electron chi connectivity index (χ0n) is 16.9. The Labute approximate surface area is 182 Å². The van der Waals surface area contributed by atoms with Crippen LogP contribution >= 0.6 is 11.8 Å². The summed E-state index contributed by atoms with van der Waals surface area (Å²) in [6, 6.07) is 21.4. The average Bonchev–Trinajstić information content (AvgIpc) is 2.74. The molecule has 7 heteroatoms. The predicted molar refractivity (Wildman–Crippen MR) is 123 cm³/mol. The number of carbonyl (C=O) groups excluding carboxylic acids is 1. The minimum Gasteiger partial charge on any atom is -0.351 e. The molecule has 0 bridgehead atoms. The first kappa shape index (κ1) is 21.9. The van der Waals surface area contributed by atoms with Crippen molar-refractivity contribution in [2.45, 2.75) is 23.6 Å². The van der Waals surface area contributed by atoms with Gasteiger partial charge < -0.3 is 5.32 Å². The Balaban J connectivity index is 1.60. The lowest BCUT2D eigenvalue weighted by atomic mass is 10.2. The highest BCUT2D eigenvalue weighted by Gasteiger charge is 2.17. The molecule has 0 unspecified atom stereocenters. The lowest BCUT2D eigenvalue weighted by molar-refractivity contribution is 0.0956. The number of para-hydroxylation sites is 1. The van der Waals surface area contributed by atoms with E-state index in [1.165, 1.54) is 17.7 Å². The fourth-order valence-corrected chi connectivity index (χ4v) is 4.71. The van der Waals surface area contributed by atoms with Crippen molar-refractivity contribution >= 4 is 33.4 Å². The third kappa shape index (κ3) is 5.87. The number of carbonyl (C=O) groups is 1. The highest BCUT2D eigenvalue weighted by Crippen LogP contribution is 2.20. The lowest BCUT2D eigenvalue weighted by Gasteiger charge is -2.11. The fraction of sp³-hybridized carbons (Fsp3) is 0.174. The minimum atomic E-state index is -3.79. The highest BCUT2D eigenvalue weighted by molar-refractivity contribution is 7.99. The summed E-state index contributed by atoms with van der Waals surface area (Å²) in [7, 11) is -3.79. The number of thioether (sulfide) groups is 1. The fourth-order valence-electron chi connectivity index (χ4n) is 2.77. The van der Waals surface area contributed by atoms with Crippen LogP contribution < -0.4 is 10.0 Å². The summed E-state index contributed by atoms with van der Waals surface area (Å²) in [6.45, 7) is 4.35. The third-order valence-corrected chi connectivity index (χ3v) is 6.85. The molecule has 0 spiro atoms. The van der Waals surface area contributed by atoms with Crippen LogP contribution in [0.1, 0.15) is 21.5 Å². The van der Waals surface area contributed by atoms with E-state index in [1.54, 1.807) is 36.0 Å². The number of amides is 1. The smallest absolute Gasteiger partial charge is 0.261 e. The van der Waals surface area contributed by atoms with Crippen molar-refractivity contribution in [3.8, 4) is 0 Å². The van der Waals surface area contributed by atoms with Gasteiger partial charge in [0.2, 0.25) is 0 Å². The quantitative estimate of drug-likeness (QED) is 0.396. The number of rotatable bonds is 8. The molecular formula is C23H24N2O3S2. The number of hydrogen-bond acceptors (Lipinski definition) is 4. The highest BCUT2D eigenvalue weighted by atomic mass is 32.2. The first-order valence-electron chi connectivity index (χ1n) is 9.51. The number of aryl methyl sites for hydroxylation is 2. The van der Waals surface area contributed by atoms with Gasteiger partial charge in [-0.15, -0.1) is 11.8 Å². The summed E-state index contributed by atoms with van der Waals surface area (Å²) >= 11 is 1.66. The maximum atomic E-state index is 12.7. The van der Waals surface area contributed by atoms with Crippen LogP contribution in [-0.4, -0.2) is 26.6 Å². The molecule has 0 atom stereocenters. The van der Waals surface area contributed by atoms with Gasteiger partial charge in [0, 0.05) is 22.8 Å². The molecule has 1 amide bonds. The predicted octanol–water partition coefficient (Wildman–Crippen LogP) is 4.63. The monoisotopic (exact) mass is 440 g/mol. The van der Waals surface area contributed by atoms with E-state index < -0.39 is 10.0 Å². The molecule has 3 aromatic carbocycles. The van der Waals surface area contributed by atoms with Crippen molar-refractivity contribution < 1.29 is 13.2 Å². The van der Waals surface area contributed by atoms with Crippen LogP contribution in [0.2, 0.25) is 0 Å². The second-order valence-electron chi connectivity index (χ2n) is 6.87. The first-order valence-corrected chi connectivity index (χ1v) is 12.0. The van der Waals surface area contributed by atoms with Gasteiger partial charge in [-0.3, -0.25) is 9.52 Å². The van der Waals surface area contributed by atoms with Crippen LogP contribution in [0.3, 0.4) is 0 Å². The number of anilines is 1. The van der Waals surface area contributed by atoms with E-state index in [0.717, 1.165) is 16.2 Å². The van der Waals surface area contributed by atoms with Crippen molar-refractivity contribution in [3.63, 3.8) is 0 Å². The van der Waals surface area contributed by atoms with Crippen LogP contribution in [-0.2, 0) is 10.0 Å². The third-order valence-electron chi connectivity index (χ3n) is 4.47. The van der Waals surface area contributed by atoms with Gasteiger partial charge in [0.25, 0.3) is 15.9 Å². The first-order chi connectivity index (χ1) is 14.3. The molecule has 0 saturated carbocycles. The molecule has 0 aliphatic heterocycles. The van der Waals surface area contributed by atoms with Crippen LogP contribution in [0, 0.1) is 13.8 Å². The van der Waals surface area contributed by atoms with E-state index in [1.807, 2.05) is 26.0 Å². The van der Waals surface area contributed by atoms with Crippen LogP contribution in [0.4, 0.5) is 5.69 Å². The number of hydrogen-bond donors (Lipinski definition) is 2. The van der Waals surface area contributed by atoms with Crippen molar-refractivity contribution in [2.75, 3.05) is 17.0 Å². The molecule has 5 nitrogen and oxygen atoms in total. The Kier molecular flexibility index (Phi) is 7.18. The summed E-state index contributed by atoms with van der Waals surface area (Å²) < 4.78 is 28.0. The maximum absolute atomic E-state index is 12.7. The molecule has 156 valence electrons. The average molecular weight is 441 g/mol. The molecular weight excluding hydrogens is 416 g/mol. The van der Waals surface area contributed by atoms with E-state index in [-0.39, 0.29) is 10.8 Å². The standard InChI is InChI=1S/C23H24N2O3S2/c1-17-10-12-20(13-11-17)29-15-14-24-23(26)19-7-5-8-21(16-19)30(27,28)25-22-9-4-3-6-18(22)2/h3-13,16,25H,14-15H2,1-2H3,(H,24,26). The zero-order chi connectivity index (χ0) is 21.6. The molecule has 0 aromatic heterocycles. The molecule has 0 heterocycles. The molecule has 30 heavy (non-hydrogen) atoms. The Bertz CT molecular complexity index is 1130. The van der Waals surface area contributed by atoms with Crippen molar-refractivity contribution in [1.82, 2.24) is 5.32 Å². The molecule has 0 aliphatic carbocycles. The van der Waals surface area contributed by atoms with Gasteiger partial charge in [-0.1, -0.05) is 42.0 Å². The van der Waals surface area contributed by atoms with E-state index in [4.69, 9.17) is 0 Å². The van der Waals surface area contributed by atoms with Gasteiger partial charge in [0.15, 0.2) is 0 Å². The summed E-state index contributed by atoms with van der Waals surface area (Å²) in [5.41, 5.74) is 2.85. The lowest BCUT2D eigenvalue weighted by Crippen LogP contribution is -2.26. The summed E-state index contributed by atoms with van der Waals surface area (Å²) in [6.07, 6.45) is 0. The van der Waals surface area contributed by atoms with Crippen molar-refractivity contribution in [2.24, 2.45) is 0 Å². The van der Waals surface area contributed by atoms with Gasteiger partial charge in [0.1, 0.15) is 0 Å². The van der Waals surface area contributed by atoms with Crippen LogP contribution in [0.15, 0.2) is 82.6 Å². The largest absolute Gasteiger partial charge is 0.351 e. The number of benzene rings is 3. The van der Waals surface area contributed by atoms with Crippen LogP contribution in [0.25, 0.3) is 0 Å². The Morgan fingerprint density at radius 3 is 2.40 bits per heavy atom. The van der Waals surface area contributed by atoms with E-state index >= 15 is 0 Å². The normalized spacial score (nSPS) is 11.1. The number of sulfonamides is 1. The van der Waals surface area contributed by atoms with Gasteiger partial charge in [-0.2, -0.15) is 0 Å². The molecule has 3 aromatic rings. The van der Waals surface area contributed by atoms with Crippen molar-refractivity contribution in [3.05, 3.63) is 89.5 Å². The molecule has 0 radical (unpaired) electrons. The SMILES string of the molecule is Cc1ccc(SCCNC(=O)c2cccc(S(=O)(=O)Nc3ccccc3C)c2)cc1. The van der Waals surface area contributed by atoms with Gasteiger partial charge >= 0.3 is 0 Å². The Hall–Kier alpha value is -2.77. The molecule has 0 saturated heterocycles. The summed E-state index contributed by atoms with van der Waals surface area (Å²) in [5, 5.41) is 2.84. The van der Waals surface area contributed by atoms with E-state index in [9.17, 15) is 13.2 Å².